The van der Waals surface area contributed by atoms with Gasteiger partial charge in [0.2, 0.25) is 0 Å². The molecular weight excluding hydrogens is 445 g/mol. The van der Waals surface area contributed by atoms with Gasteiger partial charge in [-0.2, -0.15) is 15.5 Å². The van der Waals surface area contributed by atoms with Crippen LogP contribution >= 0.6 is 11.6 Å². The van der Waals surface area contributed by atoms with E-state index >= 15 is 0 Å². The van der Waals surface area contributed by atoms with Crippen LogP contribution in [-0.2, 0) is 6.42 Å². The molecule has 4 rings (SSSR count). The van der Waals surface area contributed by atoms with Crippen molar-refractivity contribution in [3.63, 3.8) is 0 Å². The van der Waals surface area contributed by atoms with Crippen molar-refractivity contribution in [3.8, 4) is 23.0 Å². The summed E-state index contributed by atoms with van der Waals surface area (Å²) in [5, 5.41) is 24.2. The summed E-state index contributed by atoms with van der Waals surface area (Å²) >= 11 is 5.93. The van der Waals surface area contributed by atoms with Crippen LogP contribution < -0.4 is 11.1 Å². The fourth-order valence-electron chi connectivity index (χ4n) is 3.40. The maximum Gasteiger partial charge on any atom is 0.255 e. The van der Waals surface area contributed by atoms with Crippen molar-refractivity contribution in [2.24, 2.45) is 0 Å². The molecule has 0 aliphatic heterocycles. The first-order valence-electron chi connectivity index (χ1n) is 10.1. The van der Waals surface area contributed by atoms with E-state index in [1.807, 2.05) is 0 Å². The number of aromatic amines is 1. The lowest BCUT2D eigenvalue weighted by Gasteiger charge is -2.06. The van der Waals surface area contributed by atoms with Gasteiger partial charge in [0.1, 0.15) is 23.3 Å². The fraction of sp³-hybridized carbons (Fsp3) is 0.130. The standard InChI is InChI=1S/C23H19ClFN7O/c24-15-5-3-14(4-6-15)21-19(13-29-30-21)23(33)28-11-1-2-20-18(12-26)22(27)32(31-20)17-9-7-16(25)8-10-17/h3-10,13H,1-2,11,27H2,(H,28,33)(H,29,30). The first-order chi connectivity index (χ1) is 16.0. The number of aryl methyl sites for hydroxylation is 1. The number of nitrogens with two attached hydrogens (primary N) is 1. The first kappa shape index (κ1) is 22.0. The van der Waals surface area contributed by atoms with Crippen LogP contribution in [-0.4, -0.2) is 32.4 Å². The van der Waals surface area contributed by atoms with Crippen LogP contribution in [0, 0.1) is 17.1 Å². The third-order valence-corrected chi connectivity index (χ3v) is 5.32. The number of hydrogen-bond acceptors (Lipinski definition) is 5. The van der Waals surface area contributed by atoms with E-state index in [1.54, 1.807) is 24.3 Å². The van der Waals surface area contributed by atoms with Crippen molar-refractivity contribution in [1.82, 2.24) is 25.3 Å². The second-order valence-electron chi connectivity index (χ2n) is 7.23. The molecule has 4 aromatic rings. The van der Waals surface area contributed by atoms with Crippen molar-refractivity contribution in [2.75, 3.05) is 12.3 Å². The molecule has 0 spiro atoms. The third-order valence-electron chi connectivity index (χ3n) is 5.07. The van der Waals surface area contributed by atoms with E-state index in [4.69, 9.17) is 17.3 Å². The first-order valence-corrected chi connectivity index (χ1v) is 10.5. The number of halogens is 2. The van der Waals surface area contributed by atoms with Gasteiger partial charge in [-0.15, -0.1) is 0 Å². The van der Waals surface area contributed by atoms with E-state index in [-0.39, 0.29) is 23.1 Å². The molecule has 0 saturated carbocycles. The highest BCUT2D eigenvalue weighted by molar-refractivity contribution is 6.30. The van der Waals surface area contributed by atoms with Crippen molar-refractivity contribution in [3.05, 3.63) is 82.4 Å². The number of nitriles is 1. The predicted octanol–water partition coefficient (Wildman–Crippen LogP) is 3.87. The van der Waals surface area contributed by atoms with Gasteiger partial charge in [0.15, 0.2) is 0 Å². The number of anilines is 1. The summed E-state index contributed by atoms with van der Waals surface area (Å²) in [6.07, 6.45) is 2.43. The summed E-state index contributed by atoms with van der Waals surface area (Å²) in [5.41, 5.74) is 9.22. The summed E-state index contributed by atoms with van der Waals surface area (Å²) in [5.74, 6) is -0.461. The van der Waals surface area contributed by atoms with E-state index in [0.29, 0.717) is 47.0 Å². The molecule has 2 aromatic carbocycles. The molecule has 0 saturated heterocycles. The Hall–Kier alpha value is -4.16. The minimum absolute atomic E-state index is 0.189. The van der Waals surface area contributed by atoms with Gasteiger partial charge in [0.05, 0.1) is 28.8 Å². The Balaban J connectivity index is 1.40. The van der Waals surface area contributed by atoms with E-state index < -0.39 is 0 Å². The molecule has 0 bridgehead atoms. The molecule has 0 unspecified atom stereocenters. The lowest BCUT2D eigenvalue weighted by molar-refractivity contribution is 0.0954. The van der Waals surface area contributed by atoms with Crippen molar-refractivity contribution in [1.29, 1.82) is 5.26 Å². The number of hydrogen-bond donors (Lipinski definition) is 3. The number of benzene rings is 2. The van der Waals surface area contributed by atoms with Gasteiger partial charge < -0.3 is 11.1 Å². The summed E-state index contributed by atoms with van der Waals surface area (Å²) in [4.78, 5) is 12.7. The number of carbonyl (C=O) groups is 1. The van der Waals surface area contributed by atoms with Crippen molar-refractivity contribution >= 4 is 23.3 Å². The van der Waals surface area contributed by atoms with Crippen LogP contribution in [0.25, 0.3) is 16.9 Å². The largest absolute Gasteiger partial charge is 0.382 e. The third kappa shape index (κ3) is 4.71. The monoisotopic (exact) mass is 463 g/mol. The van der Waals surface area contributed by atoms with Gasteiger partial charge >= 0.3 is 0 Å². The van der Waals surface area contributed by atoms with Crippen LogP contribution in [0.15, 0.2) is 54.7 Å². The summed E-state index contributed by atoms with van der Waals surface area (Å²) in [7, 11) is 0. The number of H-pyrrole nitrogens is 1. The molecule has 8 nitrogen and oxygen atoms in total. The zero-order valence-electron chi connectivity index (χ0n) is 17.3. The van der Waals surface area contributed by atoms with Crippen molar-refractivity contribution < 1.29 is 9.18 Å². The summed E-state index contributed by atoms with van der Waals surface area (Å²) in [6.45, 7) is 0.359. The van der Waals surface area contributed by atoms with E-state index in [1.165, 1.54) is 35.1 Å². The number of rotatable bonds is 7. The van der Waals surface area contributed by atoms with E-state index in [0.717, 1.165) is 5.56 Å². The maximum atomic E-state index is 13.2. The maximum absolute atomic E-state index is 13.2. The molecule has 2 aromatic heterocycles. The minimum atomic E-state index is -0.377. The molecule has 33 heavy (non-hydrogen) atoms. The number of nitrogen functional groups attached to an aromatic ring is 1. The molecule has 4 N–H and O–H groups in total. The Morgan fingerprint density at radius 2 is 1.94 bits per heavy atom. The SMILES string of the molecule is N#Cc1c(CCCNC(=O)c2cn[nH]c2-c2ccc(Cl)cc2)nn(-c2ccc(F)cc2)c1N. The van der Waals surface area contributed by atoms with Gasteiger partial charge in [-0.25, -0.2) is 9.07 Å². The average molecular weight is 464 g/mol. The fourth-order valence-corrected chi connectivity index (χ4v) is 3.53. The molecule has 0 aliphatic rings. The molecule has 166 valence electrons. The summed E-state index contributed by atoms with van der Waals surface area (Å²) in [6, 6.07) is 14.8. The van der Waals surface area contributed by atoms with Crippen LogP contribution in [0.3, 0.4) is 0 Å². The predicted molar refractivity (Wildman–Crippen MR) is 122 cm³/mol. The quantitative estimate of drug-likeness (QED) is 0.359. The van der Waals surface area contributed by atoms with Crippen LogP contribution in [0.5, 0.6) is 0 Å². The molecule has 10 heteroatoms. The Morgan fingerprint density at radius 1 is 1.21 bits per heavy atom. The van der Waals surface area contributed by atoms with Crippen LogP contribution in [0.1, 0.15) is 28.0 Å². The Kier molecular flexibility index (Phi) is 6.38. The Labute approximate surface area is 193 Å². The molecular formula is C23H19ClFN7O. The highest BCUT2D eigenvalue weighted by Gasteiger charge is 2.18. The van der Waals surface area contributed by atoms with Gasteiger partial charge in [0, 0.05) is 17.1 Å². The molecule has 2 heterocycles. The number of nitrogens with zero attached hydrogens (tertiary/aromatic N) is 4. The zero-order chi connectivity index (χ0) is 23.4. The molecule has 0 radical (unpaired) electrons. The lowest BCUT2D eigenvalue weighted by Crippen LogP contribution is -2.25. The average Bonchev–Trinajstić information content (AvgIpc) is 3.42. The highest BCUT2D eigenvalue weighted by Crippen LogP contribution is 2.24. The smallest absolute Gasteiger partial charge is 0.255 e. The van der Waals surface area contributed by atoms with E-state index in [2.05, 4.69) is 26.7 Å². The summed E-state index contributed by atoms with van der Waals surface area (Å²) < 4.78 is 14.6. The lowest BCUT2D eigenvalue weighted by atomic mass is 10.1. The molecule has 1 amide bonds. The molecule has 0 atom stereocenters. The highest BCUT2D eigenvalue weighted by atomic mass is 35.5. The Bertz CT molecular complexity index is 1320. The molecule has 0 fully saturated rings. The second kappa shape index (κ2) is 9.54. The number of nitrogens with one attached hydrogen (secondary N) is 2. The van der Waals surface area contributed by atoms with Crippen molar-refractivity contribution in [2.45, 2.75) is 12.8 Å². The molecule has 0 aliphatic carbocycles. The zero-order valence-corrected chi connectivity index (χ0v) is 18.1. The van der Waals surface area contributed by atoms with E-state index in [9.17, 15) is 14.4 Å². The number of carbonyl (C=O) groups excluding carboxylic acids is 1. The van der Waals surface area contributed by atoms with Crippen LogP contribution in [0.4, 0.5) is 10.2 Å². The van der Waals surface area contributed by atoms with Gasteiger partial charge in [-0.05, 0) is 49.2 Å². The van der Waals surface area contributed by atoms with Gasteiger partial charge in [0.25, 0.3) is 5.91 Å². The normalized spacial score (nSPS) is 10.7. The minimum Gasteiger partial charge on any atom is -0.382 e. The van der Waals surface area contributed by atoms with Crippen LogP contribution in [0.2, 0.25) is 5.02 Å². The second-order valence-corrected chi connectivity index (χ2v) is 7.67. The number of amides is 1. The van der Waals surface area contributed by atoms with Gasteiger partial charge in [-0.3, -0.25) is 9.89 Å². The van der Waals surface area contributed by atoms with Gasteiger partial charge in [-0.1, -0.05) is 23.7 Å². The topological polar surface area (TPSA) is 125 Å². The Morgan fingerprint density at radius 3 is 2.64 bits per heavy atom. The number of aromatic nitrogens is 4.